The van der Waals surface area contributed by atoms with Gasteiger partial charge in [-0.2, -0.15) is 5.26 Å². The SMILES string of the molecule is CCC1(Nc2cnc(C#N)nc2)CCCCC1. The minimum atomic E-state index is 0.204. The van der Waals surface area contributed by atoms with Crippen molar-refractivity contribution in [3.05, 3.63) is 18.2 Å². The maximum atomic E-state index is 8.65. The molecule has 17 heavy (non-hydrogen) atoms. The molecular weight excluding hydrogens is 212 g/mol. The molecule has 4 nitrogen and oxygen atoms in total. The first-order valence-electron chi connectivity index (χ1n) is 6.28. The van der Waals surface area contributed by atoms with E-state index >= 15 is 0 Å². The first-order valence-corrected chi connectivity index (χ1v) is 6.28. The molecule has 4 heteroatoms. The van der Waals surface area contributed by atoms with Crippen molar-refractivity contribution in [1.29, 1.82) is 5.26 Å². The minimum absolute atomic E-state index is 0.204. The van der Waals surface area contributed by atoms with Crippen LogP contribution in [0.25, 0.3) is 0 Å². The Kier molecular flexibility index (Phi) is 3.58. The van der Waals surface area contributed by atoms with Crippen molar-refractivity contribution in [2.24, 2.45) is 0 Å². The monoisotopic (exact) mass is 230 g/mol. The summed E-state index contributed by atoms with van der Waals surface area (Å²) in [5.41, 5.74) is 1.13. The van der Waals surface area contributed by atoms with E-state index in [1.807, 2.05) is 6.07 Å². The number of aromatic nitrogens is 2. The summed E-state index contributed by atoms with van der Waals surface area (Å²) in [6.07, 6.45) is 10.9. The lowest BCUT2D eigenvalue weighted by molar-refractivity contribution is 0.314. The number of nitrogens with one attached hydrogen (secondary N) is 1. The van der Waals surface area contributed by atoms with Gasteiger partial charge in [0.05, 0.1) is 18.1 Å². The van der Waals surface area contributed by atoms with Gasteiger partial charge in [0.2, 0.25) is 5.82 Å². The van der Waals surface area contributed by atoms with Gasteiger partial charge < -0.3 is 5.32 Å². The fourth-order valence-corrected chi connectivity index (χ4v) is 2.55. The second-order valence-corrected chi connectivity index (χ2v) is 4.73. The van der Waals surface area contributed by atoms with Gasteiger partial charge in [-0.05, 0) is 19.3 Å². The molecule has 1 heterocycles. The molecule has 0 saturated heterocycles. The lowest BCUT2D eigenvalue weighted by Gasteiger charge is -2.38. The average molecular weight is 230 g/mol. The predicted molar refractivity (Wildman–Crippen MR) is 66.5 cm³/mol. The van der Waals surface area contributed by atoms with Crippen molar-refractivity contribution in [2.45, 2.75) is 51.0 Å². The van der Waals surface area contributed by atoms with E-state index in [-0.39, 0.29) is 11.4 Å². The number of hydrogen-bond acceptors (Lipinski definition) is 4. The summed E-state index contributed by atoms with van der Waals surface area (Å²) in [6, 6.07) is 1.93. The largest absolute Gasteiger partial charge is 0.377 e. The van der Waals surface area contributed by atoms with Gasteiger partial charge in [0.25, 0.3) is 0 Å². The molecule has 0 aromatic carbocycles. The molecule has 2 rings (SSSR count). The Morgan fingerprint density at radius 3 is 2.47 bits per heavy atom. The molecule has 0 amide bonds. The zero-order valence-corrected chi connectivity index (χ0v) is 10.2. The highest BCUT2D eigenvalue weighted by atomic mass is 15.0. The molecule has 0 unspecified atom stereocenters. The van der Waals surface area contributed by atoms with Crippen molar-refractivity contribution >= 4 is 5.69 Å². The van der Waals surface area contributed by atoms with Gasteiger partial charge in [0.15, 0.2) is 0 Å². The van der Waals surface area contributed by atoms with E-state index < -0.39 is 0 Å². The lowest BCUT2D eigenvalue weighted by Crippen LogP contribution is -2.39. The number of nitrogens with zero attached hydrogens (tertiary/aromatic N) is 3. The van der Waals surface area contributed by atoms with Crippen LogP contribution in [0.3, 0.4) is 0 Å². The molecule has 1 N–H and O–H groups in total. The van der Waals surface area contributed by atoms with Crippen LogP contribution < -0.4 is 5.32 Å². The predicted octanol–water partition coefficient (Wildman–Crippen LogP) is 2.87. The fourth-order valence-electron chi connectivity index (χ4n) is 2.55. The van der Waals surface area contributed by atoms with Gasteiger partial charge >= 0.3 is 0 Å². The van der Waals surface area contributed by atoms with E-state index in [1.165, 1.54) is 32.1 Å². The molecule has 0 aliphatic heterocycles. The highest BCUT2D eigenvalue weighted by Crippen LogP contribution is 2.33. The summed E-state index contributed by atoms with van der Waals surface area (Å²) >= 11 is 0. The van der Waals surface area contributed by atoms with Gasteiger partial charge in [0, 0.05) is 5.54 Å². The molecule has 0 radical (unpaired) electrons. The first-order chi connectivity index (χ1) is 8.28. The van der Waals surface area contributed by atoms with Gasteiger partial charge in [-0.15, -0.1) is 0 Å². The number of nitriles is 1. The molecule has 1 aliphatic rings. The Bertz CT molecular complexity index is 398. The van der Waals surface area contributed by atoms with Crippen LogP contribution in [0.15, 0.2) is 12.4 Å². The summed E-state index contributed by atoms with van der Waals surface area (Å²) in [5, 5.41) is 12.2. The van der Waals surface area contributed by atoms with Crippen molar-refractivity contribution in [1.82, 2.24) is 9.97 Å². The third-order valence-corrected chi connectivity index (χ3v) is 3.65. The zero-order chi connectivity index (χ0) is 12.1. The molecule has 1 saturated carbocycles. The van der Waals surface area contributed by atoms with Crippen LogP contribution in [0, 0.1) is 11.3 Å². The third kappa shape index (κ3) is 2.73. The average Bonchev–Trinajstić information content (AvgIpc) is 2.41. The highest BCUT2D eigenvalue weighted by Gasteiger charge is 2.29. The second kappa shape index (κ2) is 5.13. The molecule has 1 aromatic rings. The summed E-state index contributed by atoms with van der Waals surface area (Å²) in [7, 11) is 0. The molecule has 0 bridgehead atoms. The van der Waals surface area contributed by atoms with Crippen LogP contribution >= 0.6 is 0 Å². The maximum Gasteiger partial charge on any atom is 0.232 e. The van der Waals surface area contributed by atoms with Crippen LogP contribution in [-0.2, 0) is 0 Å². The van der Waals surface area contributed by atoms with Gasteiger partial charge in [-0.1, -0.05) is 26.2 Å². The smallest absolute Gasteiger partial charge is 0.232 e. The summed E-state index contributed by atoms with van der Waals surface area (Å²) < 4.78 is 0. The van der Waals surface area contributed by atoms with Crippen LogP contribution in [-0.4, -0.2) is 15.5 Å². The fraction of sp³-hybridized carbons (Fsp3) is 0.615. The molecule has 0 spiro atoms. The topological polar surface area (TPSA) is 61.6 Å². The Balaban J connectivity index is 2.09. The summed E-state index contributed by atoms with van der Waals surface area (Å²) in [6.45, 7) is 2.23. The van der Waals surface area contributed by atoms with E-state index in [0.29, 0.717) is 0 Å². The first kappa shape index (κ1) is 11.8. The molecule has 90 valence electrons. The maximum absolute atomic E-state index is 8.65. The van der Waals surface area contributed by atoms with Gasteiger partial charge in [-0.25, -0.2) is 9.97 Å². The van der Waals surface area contributed by atoms with Crippen LogP contribution in [0.5, 0.6) is 0 Å². The molecule has 1 fully saturated rings. The summed E-state index contributed by atoms with van der Waals surface area (Å²) in [5.74, 6) is 0.227. The van der Waals surface area contributed by atoms with Crippen molar-refractivity contribution in [2.75, 3.05) is 5.32 Å². The Morgan fingerprint density at radius 1 is 1.29 bits per heavy atom. The zero-order valence-electron chi connectivity index (χ0n) is 10.2. The third-order valence-electron chi connectivity index (χ3n) is 3.65. The van der Waals surface area contributed by atoms with E-state index in [9.17, 15) is 0 Å². The van der Waals surface area contributed by atoms with Crippen molar-refractivity contribution in [3.63, 3.8) is 0 Å². The van der Waals surface area contributed by atoms with Crippen molar-refractivity contribution < 1.29 is 0 Å². The Hall–Kier alpha value is -1.63. The number of rotatable bonds is 3. The van der Waals surface area contributed by atoms with Crippen LogP contribution in [0.2, 0.25) is 0 Å². The van der Waals surface area contributed by atoms with E-state index in [0.717, 1.165) is 12.1 Å². The van der Waals surface area contributed by atoms with Gasteiger partial charge in [-0.3, -0.25) is 0 Å². The van der Waals surface area contributed by atoms with E-state index in [1.54, 1.807) is 12.4 Å². The summed E-state index contributed by atoms with van der Waals surface area (Å²) in [4.78, 5) is 7.99. The quantitative estimate of drug-likeness (QED) is 0.867. The molecular formula is C13H18N4. The molecule has 0 atom stereocenters. The number of anilines is 1. The minimum Gasteiger partial charge on any atom is -0.377 e. The van der Waals surface area contributed by atoms with E-state index in [4.69, 9.17) is 5.26 Å². The lowest BCUT2D eigenvalue weighted by atomic mass is 9.79. The Morgan fingerprint density at radius 2 is 1.94 bits per heavy atom. The normalized spacial score (nSPS) is 18.4. The van der Waals surface area contributed by atoms with Crippen molar-refractivity contribution in [3.8, 4) is 6.07 Å². The number of hydrogen-bond donors (Lipinski definition) is 1. The molecule has 1 aromatic heterocycles. The standard InChI is InChI=1S/C13H18N4/c1-2-13(6-4-3-5-7-13)17-11-9-15-12(8-14)16-10-11/h9-10,17H,2-7H2,1H3. The molecule has 1 aliphatic carbocycles. The highest BCUT2D eigenvalue weighted by molar-refractivity contribution is 5.42. The second-order valence-electron chi connectivity index (χ2n) is 4.73. The Labute approximate surface area is 102 Å². The van der Waals surface area contributed by atoms with E-state index in [2.05, 4.69) is 22.2 Å². The van der Waals surface area contributed by atoms with Crippen LogP contribution in [0.1, 0.15) is 51.3 Å². The van der Waals surface area contributed by atoms with Gasteiger partial charge in [0.1, 0.15) is 6.07 Å². The van der Waals surface area contributed by atoms with Crippen LogP contribution in [0.4, 0.5) is 5.69 Å².